The van der Waals surface area contributed by atoms with Gasteiger partial charge in [-0.1, -0.05) is 29.8 Å². The van der Waals surface area contributed by atoms with Crippen LogP contribution in [0.3, 0.4) is 0 Å². The number of nitrogens with zero attached hydrogens (tertiary/aromatic N) is 1. The molecule has 0 unspecified atom stereocenters. The van der Waals surface area contributed by atoms with Crippen LogP contribution in [0.15, 0.2) is 29.8 Å². The fourth-order valence-electron chi connectivity index (χ4n) is 2.41. The van der Waals surface area contributed by atoms with E-state index in [9.17, 15) is 25.2 Å². The summed E-state index contributed by atoms with van der Waals surface area (Å²) in [6, 6.07) is 8.81. The fraction of sp³-hybridized carbons (Fsp3) is 0.429. The summed E-state index contributed by atoms with van der Waals surface area (Å²) >= 11 is 0. The first kappa shape index (κ1) is 19.0. The minimum absolute atomic E-state index is 1.07. The van der Waals surface area contributed by atoms with E-state index in [1.807, 2.05) is 0 Å². The Labute approximate surface area is 126 Å². The van der Waals surface area contributed by atoms with Crippen LogP contribution in [0, 0.1) is 0 Å². The normalized spacial score (nSPS) is 20.0. The summed E-state index contributed by atoms with van der Waals surface area (Å²) in [5, 5.41) is 0. The van der Waals surface area contributed by atoms with Crippen molar-refractivity contribution in [2.45, 2.75) is 20.4 Å². The molecule has 1 nitrogen and oxygen atoms in total. The molecule has 0 bridgehead atoms. The number of halogens is 6. The molecule has 0 fully saturated rings. The molecule has 8 heteroatoms. The number of benzene rings is 1. The van der Waals surface area contributed by atoms with Gasteiger partial charge < -0.3 is 4.48 Å². The second-order valence-electron chi connectivity index (χ2n) is 6.35. The van der Waals surface area contributed by atoms with Crippen molar-refractivity contribution in [2.75, 3.05) is 20.6 Å². The van der Waals surface area contributed by atoms with Crippen molar-refractivity contribution in [3.8, 4) is 0 Å². The molecule has 0 spiro atoms. The number of likely N-dealkylation sites (N-methyl/N-ethyl adjacent to an activating group) is 1. The third-order valence-corrected chi connectivity index (χ3v) is 3.13. The molecular weight excluding hydrogens is 327 g/mol. The summed E-state index contributed by atoms with van der Waals surface area (Å²) in [4.78, 5) is 0. The van der Waals surface area contributed by atoms with Crippen molar-refractivity contribution in [3.05, 3.63) is 41.0 Å². The first-order valence-corrected chi connectivity index (χ1v) is 8.60. The summed E-state index contributed by atoms with van der Waals surface area (Å²) in [6.45, 7) is 6.74. The van der Waals surface area contributed by atoms with Crippen molar-refractivity contribution >= 4 is 13.4 Å². The zero-order chi connectivity index (χ0) is 17.5. The van der Waals surface area contributed by atoms with E-state index < -0.39 is 7.81 Å². The third kappa shape index (κ3) is 7.80. The van der Waals surface area contributed by atoms with Gasteiger partial charge in [-0.3, -0.25) is 0 Å². The van der Waals surface area contributed by atoms with Crippen LogP contribution >= 0.6 is 7.81 Å². The van der Waals surface area contributed by atoms with Gasteiger partial charge in [0.2, 0.25) is 0 Å². The van der Waals surface area contributed by atoms with Crippen LogP contribution in [0.4, 0.5) is 25.2 Å². The molecule has 0 radical (unpaired) electrons. The van der Waals surface area contributed by atoms with Gasteiger partial charge in [-0.15, -0.1) is 0 Å². The minimum atomic E-state index is -10.7. The van der Waals surface area contributed by atoms with Gasteiger partial charge in [-0.2, -0.15) is 0 Å². The maximum absolute atomic E-state index is 10.7. The van der Waals surface area contributed by atoms with Crippen molar-refractivity contribution in [1.82, 2.24) is 0 Å². The molecule has 1 heterocycles. The summed E-state index contributed by atoms with van der Waals surface area (Å²) < 4.78 is 60.3. The number of fused-ring (bicyclic) bond motifs is 1. The number of allylic oxidation sites excluding steroid dienone is 1. The zero-order valence-electron chi connectivity index (χ0n) is 12.9. The van der Waals surface area contributed by atoms with E-state index in [0.717, 1.165) is 17.6 Å². The van der Waals surface area contributed by atoms with Gasteiger partial charge in [-0.25, -0.2) is 0 Å². The maximum atomic E-state index is 9.87. The van der Waals surface area contributed by atoms with E-state index in [0.29, 0.717) is 0 Å². The molecule has 0 N–H and O–H groups in total. The van der Waals surface area contributed by atoms with Gasteiger partial charge in [-0.05, 0) is 19.4 Å². The van der Waals surface area contributed by atoms with E-state index in [1.54, 1.807) is 0 Å². The number of rotatable bonds is 0. The Kier molecular flexibility index (Phi) is 4.28. The van der Waals surface area contributed by atoms with Crippen molar-refractivity contribution in [1.29, 1.82) is 0 Å². The molecule has 1 aliphatic heterocycles. The van der Waals surface area contributed by atoms with E-state index in [-0.39, 0.29) is 0 Å². The molecule has 128 valence electrons. The van der Waals surface area contributed by atoms with E-state index >= 15 is 0 Å². The fourth-order valence-corrected chi connectivity index (χ4v) is 2.41. The van der Waals surface area contributed by atoms with Crippen molar-refractivity contribution < 1.29 is 29.7 Å². The van der Waals surface area contributed by atoms with Gasteiger partial charge in [0.25, 0.3) is 0 Å². The quantitative estimate of drug-likeness (QED) is 0.287. The monoisotopic (exact) mass is 347 g/mol. The van der Waals surface area contributed by atoms with E-state index in [4.69, 9.17) is 0 Å². The second kappa shape index (κ2) is 4.96. The molecule has 1 aromatic carbocycles. The Morgan fingerprint density at radius 3 is 1.82 bits per heavy atom. The topological polar surface area (TPSA) is 0 Å². The van der Waals surface area contributed by atoms with Crippen molar-refractivity contribution in [3.63, 3.8) is 0 Å². The summed E-state index contributed by atoms with van der Waals surface area (Å²) in [6.07, 6.45) is 0. The third-order valence-electron chi connectivity index (χ3n) is 3.13. The van der Waals surface area contributed by atoms with Crippen LogP contribution in [0.1, 0.15) is 25.0 Å². The molecule has 0 atom stereocenters. The van der Waals surface area contributed by atoms with Gasteiger partial charge in [0.15, 0.2) is 0 Å². The van der Waals surface area contributed by atoms with E-state index in [1.165, 1.54) is 22.3 Å². The van der Waals surface area contributed by atoms with Crippen LogP contribution < -0.4 is 0 Å². The average molecular weight is 347 g/mol. The second-order valence-corrected chi connectivity index (χ2v) is 8.26. The summed E-state index contributed by atoms with van der Waals surface area (Å²) in [7, 11) is -6.05. The first-order valence-electron chi connectivity index (χ1n) is 6.58. The molecule has 1 aromatic rings. The molecule has 0 amide bonds. The van der Waals surface area contributed by atoms with Gasteiger partial charge >= 0.3 is 33.0 Å². The Morgan fingerprint density at radius 1 is 0.909 bits per heavy atom. The van der Waals surface area contributed by atoms with Crippen LogP contribution in [0.2, 0.25) is 0 Å². The molecule has 22 heavy (non-hydrogen) atoms. The van der Waals surface area contributed by atoms with Gasteiger partial charge in [0.05, 0.1) is 14.1 Å². The van der Waals surface area contributed by atoms with E-state index in [2.05, 4.69) is 52.2 Å². The molecule has 1 aliphatic rings. The predicted molar refractivity (Wildman–Crippen MR) is 79.0 cm³/mol. The molecular formula is C14H20F6NP. The Balaban J connectivity index is 0.000000295. The van der Waals surface area contributed by atoms with Crippen molar-refractivity contribution in [2.24, 2.45) is 0 Å². The molecule has 2 rings (SSSR count). The number of quaternary nitrogens is 1. The summed E-state index contributed by atoms with van der Waals surface area (Å²) in [5.41, 5.74) is 5.94. The molecule has 0 aliphatic carbocycles. The van der Waals surface area contributed by atoms with Crippen LogP contribution in [-0.4, -0.2) is 25.1 Å². The first-order chi connectivity index (χ1) is 9.44. The average Bonchev–Trinajstić information content (AvgIpc) is 2.22. The standard InChI is InChI=1S/C14H20N.F6P/c1-11(2)14-10-15(3,4)9-12-7-5-6-8-13(12)14;1-7(2,3,4,5)6/h5-8H,9-10H2,1-4H3;/q+1;-1. The Morgan fingerprint density at radius 2 is 1.36 bits per heavy atom. The Bertz CT molecular complexity index is 585. The van der Waals surface area contributed by atoms with Crippen LogP contribution in [0.25, 0.3) is 5.57 Å². The SMILES string of the molecule is CC(C)=C1C[N+](C)(C)Cc2ccccc21.F[P-](F)(F)(F)(F)F. The van der Waals surface area contributed by atoms with Crippen LogP contribution in [-0.2, 0) is 6.54 Å². The van der Waals surface area contributed by atoms with Gasteiger partial charge in [0, 0.05) is 11.1 Å². The van der Waals surface area contributed by atoms with Gasteiger partial charge in [0.1, 0.15) is 13.1 Å². The molecule has 0 aromatic heterocycles. The Hall–Kier alpha value is -1.07. The number of hydrogen-bond donors (Lipinski definition) is 0. The predicted octanol–water partition coefficient (Wildman–Crippen LogP) is 6.45. The zero-order valence-corrected chi connectivity index (χ0v) is 13.8. The molecule has 0 saturated carbocycles. The number of hydrogen-bond acceptors (Lipinski definition) is 0. The summed E-state index contributed by atoms with van der Waals surface area (Å²) in [5.74, 6) is 0. The van der Waals surface area contributed by atoms with Crippen LogP contribution in [0.5, 0.6) is 0 Å². The molecule has 0 saturated heterocycles.